The fraction of sp³-hybridized carbons (Fsp3) is 0.394. The number of benzene rings is 3. The number of aromatic nitrogens is 3. The Hall–Kier alpha value is -4.27. The lowest BCUT2D eigenvalue weighted by Gasteiger charge is -2.34. The van der Waals surface area contributed by atoms with Gasteiger partial charge in [0, 0.05) is 31.6 Å². The molecule has 0 saturated heterocycles. The summed E-state index contributed by atoms with van der Waals surface area (Å²) in [7, 11) is 0. The molecule has 1 atom stereocenters. The van der Waals surface area contributed by atoms with E-state index in [1.807, 2.05) is 41.1 Å². The molecule has 1 aromatic heterocycles. The van der Waals surface area contributed by atoms with Gasteiger partial charge >= 0.3 is 5.97 Å². The van der Waals surface area contributed by atoms with E-state index in [0.29, 0.717) is 31.9 Å². The minimum absolute atomic E-state index is 0.0195. The van der Waals surface area contributed by atoms with Gasteiger partial charge in [0.25, 0.3) is 5.91 Å². The van der Waals surface area contributed by atoms with Crippen molar-refractivity contribution >= 4 is 22.9 Å². The molecule has 0 radical (unpaired) electrons. The number of carbonyl (C=O) groups is 2. The molecule has 0 aliphatic carbocycles. The summed E-state index contributed by atoms with van der Waals surface area (Å²) < 4.78 is 22.7. The smallest absolute Gasteiger partial charge is 0.310 e. The highest BCUT2D eigenvalue weighted by atomic mass is 19.1. The van der Waals surface area contributed by atoms with Crippen molar-refractivity contribution in [3.63, 3.8) is 0 Å². The lowest BCUT2D eigenvalue weighted by Crippen LogP contribution is -2.37. The van der Waals surface area contributed by atoms with Crippen molar-refractivity contribution in [3.8, 4) is 5.75 Å². The zero-order chi connectivity index (χ0) is 29.4. The fourth-order valence-electron chi connectivity index (χ4n) is 6.25. The second-order valence-electron chi connectivity index (χ2n) is 11.9. The third-order valence-corrected chi connectivity index (χ3v) is 8.71. The van der Waals surface area contributed by atoms with Crippen molar-refractivity contribution in [3.05, 3.63) is 88.2 Å². The lowest BCUT2D eigenvalue weighted by molar-refractivity contribution is -0.147. The highest BCUT2D eigenvalue weighted by Crippen LogP contribution is 2.43. The van der Waals surface area contributed by atoms with Crippen LogP contribution < -0.4 is 4.74 Å². The predicted molar refractivity (Wildman–Crippen MR) is 156 cm³/mol. The van der Waals surface area contributed by atoms with Crippen LogP contribution in [-0.4, -0.2) is 50.0 Å². The van der Waals surface area contributed by atoms with Crippen LogP contribution in [-0.2, 0) is 24.3 Å². The quantitative estimate of drug-likeness (QED) is 0.319. The molecular weight excluding hydrogens is 535 g/mol. The summed E-state index contributed by atoms with van der Waals surface area (Å²) in [5.41, 5.74) is 4.24. The van der Waals surface area contributed by atoms with Crippen LogP contribution in [0.3, 0.4) is 0 Å². The van der Waals surface area contributed by atoms with Gasteiger partial charge in [0.15, 0.2) is 0 Å². The Morgan fingerprint density at radius 2 is 1.76 bits per heavy atom. The highest BCUT2D eigenvalue weighted by Gasteiger charge is 2.39. The molecule has 9 rings (SSSR count). The van der Waals surface area contributed by atoms with Crippen molar-refractivity contribution in [1.82, 2.24) is 19.9 Å². The molecule has 42 heavy (non-hydrogen) atoms. The van der Waals surface area contributed by atoms with Crippen LogP contribution in [0.15, 0.2) is 54.6 Å². The number of carboxylic acid groups (broad SMARTS) is 1. The monoisotopic (exact) mass is 570 g/mol. The SMILES string of the molecule is CC(C)(C(=O)O)C1c2ccc3c(c2)CN(CC3)C(=O)c2ccc(cc2F)OCCCCCCn2nnc3cc1ccc32. The van der Waals surface area contributed by atoms with Gasteiger partial charge in [-0.2, -0.15) is 0 Å². The molecule has 9 heteroatoms. The summed E-state index contributed by atoms with van der Waals surface area (Å²) in [5, 5.41) is 19.1. The summed E-state index contributed by atoms with van der Waals surface area (Å²) in [6, 6.07) is 16.4. The molecule has 6 heterocycles. The van der Waals surface area contributed by atoms with Gasteiger partial charge in [-0.3, -0.25) is 9.59 Å². The van der Waals surface area contributed by atoms with Crippen molar-refractivity contribution in [1.29, 1.82) is 0 Å². The molecular formula is C33H35FN4O4. The summed E-state index contributed by atoms with van der Waals surface area (Å²) in [5.74, 6) is -1.94. The maximum atomic E-state index is 15.1. The number of aliphatic carboxylic acids is 1. The van der Waals surface area contributed by atoms with Gasteiger partial charge < -0.3 is 14.7 Å². The van der Waals surface area contributed by atoms with Crippen LogP contribution >= 0.6 is 0 Å². The first-order chi connectivity index (χ1) is 20.2. The average molecular weight is 571 g/mol. The van der Waals surface area contributed by atoms with Crippen LogP contribution in [0.5, 0.6) is 5.75 Å². The topological polar surface area (TPSA) is 97.6 Å². The molecule has 1 N–H and O–H groups in total. The Kier molecular flexibility index (Phi) is 7.43. The maximum absolute atomic E-state index is 15.1. The predicted octanol–water partition coefficient (Wildman–Crippen LogP) is 5.96. The third-order valence-electron chi connectivity index (χ3n) is 8.71. The minimum Gasteiger partial charge on any atom is -0.493 e. The summed E-state index contributed by atoms with van der Waals surface area (Å²) in [4.78, 5) is 27.6. The molecule has 4 aromatic rings. The number of halogens is 1. The van der Waals surface area contributed by atoms with Gasteiger partial charge in [-0.15, -0.1) is 5.10 Å². The first-order valence-electron chi connectivity index (χ1n) is 14.6. The molecule has 1 amide bonds. The van der Waals surface area contributed by atoms with Gasteiger partial charge in [0.2, 0.25) is 0 Å². The number of nitrogens with zero attached hydrogens (tertiary/aromatic N) is 4. The second kappa shape index (κ2) is 11.2. The summed E-state index contributed by atoms with van der Waals surface area (Å²) in [6.45, 7) is 5.45. The van der Waals surface area contributed by atoms with Crippen molar-refractivity contribution in [2.75, 3.05) is 13.2 Å². The van der Waals surface area contributed by atoms with E-state index >= 15 is 4.39 Å². The van der Waals surface area contributed by atoms with E-state index < -0.39 is 23.1 Å². The van der Waals surface area contributed by atoms with E-state index in [1.54, 1.807) is 24.8 Å². The second-order valence-corrected chi connectivity index (χ2v) is 11.9. The van der Waals surface area contributed by atoms with Crippen LogP contribution in [0.1, 0.15) is 78.1 Å². The summed E-state index contributed by atoms with van der Waals surface area (Å²) in [6.07, 6.45) is 4.32. The number of carbonyl (C=O) groups excluding carboxylic acids is 1. The molecule has 0 fully saturated rings. The minimum atomic E-state index is -1.14. The largest absolute Gasteiger partial charge is 0.493 e. The van der Waals surface area contributed by atoms with Crippen molar-refractivity contribution in [2.24, 2.45) is 5.41 Å². The van der Waals surface area contributed by atoms with Gasteiger partial charge in [-0.05, 0) is 86.1 Å². The molecule has 0 saturated carbocycles. The van der Waals surface area contributed by atoms with E-state index in [0.717, 1.165) is 65.5 Å². The third kappa shape index (κ3) is 5.24. The first-order valence-corrected chi connectivity index (χ1v) is 14.6. The standard InChI is InChI=1S/C33H35FN4O4/c1-33(2,32(40)41)30-22-8-7-21-13-15-37(20-24(21)17-22)31(39)26-11-10-25(19-27(26)34)42-16-6-4-3-5-14-38-29-12-9-23(30)18-28(29)35-36-38/h7-12,17-19,30H,3-6,13-16,20H2,1-2H3,(H,40,41). The van der Waals surface area contributed by atoms with Gasteiger partial charge in [-0.1, -0.05) is 35.9 Å². The fourth-order valence-corrected chi connectivity index (χ4v) is 6.25. The molecule has 1 unspecified atom stereocenters. The summed E-state index contributed by atoms with van der Waals surface area (Å²) >= 11 is 0. The molecule has 5 aliphatic heterocycles. The Morgan fingerprint density at radius 1 is 0.976 bits per heavy atom. The number of hydrogen-bond acceptors (Lipinski definition) is 5. The van der Waals surface area contributed by atoms with Crippen molar-refractivity contribution in [2.45, 2.75) is 65.0 Å². The molecule has 0 spiro atoms. The number of hydrogen-bond donors (Lipinski definition) is 1. The average Bonchev–Trinajstić information content (AvgIpc) is 3.37. The van der Waals surface area contributed by atoms with Gasteiger partial charge in [0.05, 0.1) is 23.1 Å². The first kappa shape index (κ1) is 27.9. The normalized spacial score (nSPS) is 18.1. The van der Waals surface area contributed by atoms with Gasteiger partial charge in [0.1, 0.15) is 17.1 Å². The number of aryl methyl sites for hydroxylation is 1. The van der Waals surface area contributed by atoms with E-state index in [9.17, 15) is 14.7 Å². The van der Waals surface area contributed by atoms with E-state index in [2.05, 4.69) is 10.3 Å². The maximum Gasteiger partial charge on any atom is 0.310 e. The van der Waals surface area contributed by atoms with Crippen molar-refractivity contribution < 1.29 is 23.8 Å². The lowest BCUT2D eigenvalue weighted by atomic mass is 9.70. The van der Waals surface area contributed by atoms with Crippen LogP contribution in [0.2, 0.25) is 0 Å². The molecule has 3 aromatic carbocycles. The van der Waals surface area contributed by atoms with Crippen LogP contribution in [0, 0.1) is 11.2 Å². The van der Waals surface area contributed by atoms with Crippen LogP contribution in [0.4, 0.5) is 4.39 Å². The molecule has 218 valence electrons. The Bertz CT molecular complexity index is 1660. The van der Waals surface area contributed by atoms with Gasteiger partial charge in [-0.25, -0.2) is 9.07 Å². The number of amides is 1. The van der Waals surface area contributed by atoms with E-state index in [1.165, 1.54) is 12.1 Å². The molecule has 5 aliphatic rings. The number of ether oxygens (including phenoxy) is 1. The Balaban J connectivity index is 1.42. The Labute approximate surface area is 244 Å². The zero-order valence-corrected chi connectivity index (χ0v) is 24.0. The van der Waals surface area contributed by atoms with E-state index in [4.69, 9.17) is 4.74 Å². The van der Waals surface area contributed by atoms with E-state index in [-0.39, 0.29) is 11.5 Å². The zero-order valence-electron chi connectivity index (χ0n) is 24.0. The Morgan fingerprint density at radius 3 is 2.57 bits per heavy atom. The highest BCUT2D eigenvalue weighted by molar-refractivity contribution is 5.94. The molecule has 8 nitrogen and oxygen atoms in total. The van der Waals surface area contributed by atoms with Crippen LogP contribution in [0.25, 0.3) is 11.0 Å². The number of rotatable bonds is 2. The number of carboxylic acids is 1. The molecule has 9 bridgehead atoms.